The first-order chi connectivity index (χ1) is 18.8. The van der Waals surface area contributed by atoms with Crippen molar-refractivity contribution in [3.63, 3.8) is 0 Å². The third-order valence-electron chi connectivity index (χ3n) is 6.26. The van der Waals surface area contributed by atoms with Crippen LogP contribution < -0.4 is 9.47 Å². The van der Waals surface area contributed by atoms with Crippen molar-refractivity contribution in [2.75, 3.05) is 14.2 Å². The molecule has 0 saturated carbocycles. The Morgan fingerprint density at radius 3 is 1.21 bits per heavy atom. The minimum absolute atomic E-state index is 0.610. The Morgan fingerprint density at radius 2 is 0.897 bits per heavy atom. The average molecular weight is 580 g/mol. The molecule has 0 amide bonds. The molecule has 0 saturated heterocycles. The summed E-state index contributed by atoms with van der Waals surface area (Å²) in [6.45, 7) is 0. The molecule has 4 aromatic rings. The van der Waals surface area contributed by atoms with Gasteiger partial charge in [0.15, 0.2) is 9.84 Å². The summed E-state index contributed by atoms with van der Waals surface area (Å²) >= 11 is 12.1. The van der Waals surface area contributed by atoms with Gasteiger partial charge in [0.25, 0.3) is 0 Å². The molecular formula is C32H28Cl2O4S. The first-order valence-electron chi connectivity index (χ1n) is 12.2. The predicted molar refractivity (Wildman–Crippen MR) is 161 cm³/mol. The molecule has 2 unspecified atom stereocenters. The fraction of sp³-hybridized carbons (Fsp3) is 0.125. The number of hydrogen-bond donors (Lipinski definition) is 0. The fourth-order valence-corrected chi connectivity index (χ4v) is 6.35. The molecular weight excluding hydrogens is 551 g/mol. The van der Waals surface area contributed by atoms with Gasteiger partial charge in [0.05, 0.1) is 14.2 Å². The molecule has 0 N–H and O–H groups in total. The van der Waals surface area contributed by atoms with Gasteiger partial charge in [-0.2, -0.15) is 0 Å². The Balaban J connectivity index is 1.82. The number of methoxy groups -OCH3 is 2. The molecule has 0 aromatic heterocycles. The van der Waals surface area contributed by atoms with Gasteiger partial charge in [-0.05, 0) is 70.8 Å². The van der Waals surface area contributed by atoms with Crippen LogP contribution in [0.25, 0.3) is 12.2 Å². The first-order valence-corrected chi connectivity index (χ1v) is 14.5. The predicted octanol–water partition coefficient (Wildman–Crippen LogP) is 8.63. The van der Waals surface area contributed by atoms with Crippen LogP contribution in [0.1, 0.15) is 32.8 Å². The van der Waals surface area contributed by atoms with Gasteiger partial charge in [0.2, 0.25) is 0 Å². The van der Waals surface area contributed by atoms with E-state index in [1.807, 2.05) is 24.3 Å². The highest BCUT2D eigenvalue weighted by Gasteiger charge is 2.33. The highest BCUT2D eigenvalue weighted by atomic mass is 35.5. The quantitative estimate of drug-likeness (QED) is 0.189. The monoisotopic (exact) mass is 578 g/mol. The first kappa shape index (κ1) is 28.5. The van der Waals surface area contributed by atoms with Crippen molar-refractivity contribution in [1.82, 2.24) is 0 Å². The lowest BCUT2D eigenvalue weighted by molar-refractivity contribution is 0.414. The van der Waals surface area contributed by atoms with E-state index in [0.29, 0.717) is 32.7 Å². The standard InChI is InChI=1S/C32H28Cl2O4S/c1-37-29-17-9-25(10-18-29)31(21-7-23-3-13-27(33)14-4-23)39(35,36)32(26-11-19-30(38-2)20-12-26)22-8-24-5-15-28(34)16-6-24/h3-22,31-32H,1-2H3/b21-7+,22-8+. The third kappa shape index (κ3) is 7.33. The Kier molecular flexibility index (Phi) is 9.52. The van der Waals surface area contributed by atoms with Gasteiger partial charge >= 0.3 is 0 Å². The van der Waals surface area contributed by atoms with Gasteiger partial charge in [-0.1, -0.05) is 96.0 Å². The highest BCUT2D eigenvalue weighted by molar-refractivity contribution is 7.92. The van der Waals surface area contributed by atoms with Gasteiger partial charge in [0.1, 0.15) is 22.0 Å². The molecule has 0 heterocycles. The lowest BCUT2D eigenvalue weighted by atomic mass is 10.1. The van der Waals surface area contributed by atoms with Crippen LogP contribution in [0.15, 0.2) is 109 Å². The van der Waals surface area contributed by atoms with E-state index in [-0.39, 0.29) is 0 Å². The molecule has 0 aliphatic rings. The summed E-state index contributed by atoms with van der Waals surface area (Å²) in [6, 6.07) is 28.6. The van der Waals surface area contributed by atoms with Crippen LogP contribution in [0.5, 0.6) is 11.5 Å². The van der Waals surface area contributed by atoms with Gasteiger partial charge in [-0.3, -0.25) is 0 Å². The summed E-state index contributed by atoms with van der Waals surface area (Å²) in [5.41, 5.74) is 2.93. The molecule has 200 valence electrons. The van der Waals surface area contributed by atoms with E-state index in [2.05, 4.69) is 0 Å². The maximum absolute atomic E-state index is 14.5. The van der Waals surface area contributed by atoms with E-state index < -0.39 is 20.3 Å². The minimum Gasteiger partial charge on any atom is -0.497 e. The number of rotatable bonds is 10. The van der Waals surface area contributed by atoms with Gasteiger partial charge < -0.3 is 9.47 Å². The van der Waals surface area contributed by atoms with Crippen LogP contribution in [-0.2, 0) is 9.84 Å². The molecule has 4 rings (SSSR count). The summed E-state index contributed by atoms with van der Waals surface area (Å²) in [5, 5.41) is -0.668. The minimum atomic E-state index is -3.87. The van der Waals surface area contributed by atoms with Crippen LogP contribution in [0.4, 0.5) is 0 Å². The van der Waals surface area contributed by atoms with Crippen LogP contribution in [0, 0.1) is 0 Å². The molecule has 4 nitrogen and oxygen atoms in total. The highest BCUT2D eigenvalue weighted by Crippen LogP contribution is 2.38. The maximum Gasteiger partial charge on any atom is 0.171 e. The normalized spacial score (nSPS) is 13.4. The molecule has 0 aliphatic heterocycles. The Bertz CT molecular complexity index is 1410. The number of halogens is 2. The fourth-order valence-electron chi connectivity index (χ4n) is 4.11. The SMILES string of the molecule is COc1ccc(C(/C=C/c2ccc(Cl)cc2)S(=O)(=O)C(/C=C/c2ccc(Cl)cc2)c2ccc(OC)cc2)cc1. The Hall–Kier alpha value is -3.51. The molecule has 0 bridgehead atoms. The van der Waals surface area contributed by atoms with Crippen molar-refractivity contribution < 1.29 is 17.9 Å². The Labute approximate surface area is 240 Å². The maximum atomic E-state index is 14.5. The molecule has 39 heavy (non-hydrogen) atoms. The molecule has 0 spiro atoms. The second-order valence-corrected chi connectivity index (χ2v) is 11.9. The summed E-state index contributed by atoms with van der Waals surface area (Å²) in [4.78, 5) is 0. The van der Waals surface area contributed by atoms with E-state index >= 15 is 0 Å². The second-order valence-electron chi connectivity index (χ2n) is 8.80. The van der Waals surface area contributed by atoms with Crippen molar-refractivity contribution in [3.05, 3.63) is 142 Å². The van der Waals surface area contributed by atoms with Gasteiger partial charge in [-0.25, -0.2) is 8.42 Å². The number of benzene rings is 4. The summed E-state index contributed by atoms with van der Waals surface area (Å²) in [7, 11) is -0.724. The lowest BCUT2D eigenvalue weighted by Crippen LogP contribution is -2.19. The van der Waals surface area contributed by atoms with Gasteiger partial charge in [0, 0.05) is 10.0 Å². The topological polar surface area (TPSA) is 52.6 Å². The van der Waals surface area contributed by atoms with Crippen molar-refractivity contribution in [2.24, 2.45) is 0 Å². The van der Waals surface area contributed by atoms with Crippen molar-refractivity contribution in [1.29, 1.82) is 0 Å². The molecule has 7 heteroatoms. The number of ether oxygens (including phenoxy) is 2. The average Bonchev–Trinajstić information content (AvgIpc) is 2.95. The lowest BCUT2D eigenvalue weighted by Gasteiger charge is -2.22. The van der Waals surface area contributed by atoms with E-state index in [9.17, 15) is 8.42 Å². The Morgan fingerprint density at radius 1 is 0.564 bits per heavy atom. The second kappa shape index (κ2) is 13.0. The van der Waals surface area contributed by atoms with E-state index in [0.717, 1.165) is 11.1 Å². The smallest absolute Gasteiger partial charge is 0.171 e. The summed E-state index contributed by atoms with van der Waals surface area (Å²) < 4.78 is 39.6. The largest absolute Gasteiger partial charge is 0.497 e. The van der Waals surface area contributed by atoms with Crippen molar-refractivity contribution in [3.8, 4) is 11.5 Å². The molecule has 0 aliphatic carbocycles. The van der Waals surface area contributed by atoms with Crippen LogP contribution in [-0.4, -0.2) is 22.6 Å². The molecule has 2 atom stereocenters. The number of hydrogen-bond acceptors (Lipinski definition) is 4. The third-order valence-corrected chi connectivity index (χ3v) is 9.04. The zero-order valence-electron chi connectivity index (χ0n) is 21.5. The molecule has 0 fully saturated rings. The molecule has 4 aromatic carbocycles. The summed E-state index contributed by atoms with van der Waals surface area (Å²) in [5.74, 6) is 1.29. The van der Waals surface area contributed by atoms with Crippen LogP contribution in [0.2, 0.25) is 10.0 Å². The van der Waals surface area contributed by atoms with Gasteiger partial charge in [-0.15, -0.1) is 0 Å². The molecule has 0 radical (unpaired) electrons. The van der Waals surface area contributed by atoms with E-state index in [4.69, 9.17) is 32.7 Å². The van der Waals surface area contributed by atoms with Crippen molar-refractivity contribution >= 4 is 45.2 Å². The van der Waals surface area contributed by atoms with Crippen LogP contribution >= 0.6 is 23.2 Å². The zero-order valence-corrected chi connectivity index (χ0v) is 23.8. The zero-order chi connectivity index (χ0) is 27.8. The van der Waals surface area contributed by atoms with Crippen molar-refractivity contribution in [2.45, 2.75) is 10.5 Å². The summed E-state index contributed by atoms with van der Waals surface area (Å²) in [6.07, 6.45) is 7.04. The van der Waals surface area contributed by atoms with Crippen LogP contribution in [0.3, 0.4) is 0 Å². The van der Waals surface area contributed by atoms with E-state index in [1.54, 1.807) is 111 Å². The van der Waals surface area contributed by atoms with E-state index in [1.165, 1.54) is 0 Å². The number of sulfone groups is 1.